The molecule has 7 heteroatoms. The quantitative estimate of drug-likeness (QED) is 0.636. The van der Waals surface area contributed by atoms with Gasteiger partial charge in [-0.25, -0.2) is 9.37 Å². The van der Waals surface area contributed by atoms with E-state index in [1.54, 1.807) is 0 Å². The largest absolute Gasteiger partial charge is 0.471 e. The molecule has 0 saturated heterocycles. The summed E-state index contributed by atoms with van der Waals surface area (Å²) in [5.41, 5.74) is 3.72. The second-order valence-electron chi connectivity index (χ2n) is 7.97. The molecule has 30 heavy (non-hydrogen) atoms. The summed E-state index contributed by atoms with van der Waals surface area (Å²) in [5.74, 6) is -0.576. The molecule has 0 bridgehead atoms. The Morgan fingerprint density at radius 2 is 2.17 bits per heavy atom. The van der Waals surface area contributed by atoms with Gasteiger partial charge in [0.25, 0.3) is 5.88 Å². The minimum absolute atomic E-state index is 0.00939. The number of ether oxygens (including phenoxy) is 2. The topological polar surface area (TPSA) is 51.7 Å². The molecule has 2 aliphatic rings. The van der Waals surface area contributed by atoms with Crippen molar-refractivity contribution in [3.63, 3.8) is 0 Å². The first-order chi connectivity index (χ1) is 14.5. The van der Waals surface area contributed by atoms with Crippen LogP contribution in [0.2, 0.25) is 5.02 Å². The van der Waals surface area contributed by atoms with Crippen LogP contribution in [0.25, 0.3) is 0 Å². The number of fused-ring (bicyclic) bond motifs is 1. The van der Waals surface area contributed by atoms with Crippen molar-refractivity contribution in [1.29, 1.82) is 0 Å². The van der Waals surface area contributed by atoms with Gasteiger partial charge in [-0.05, 0) is 42.5 Å². The number of benzene rings is 1. The molecule has 0 spiro atoms. The van der Waals surface area contributed by atoms with Gasteiger partial charge in [-0.2, -0.15) is 0 Å². The zero-order chi connectivity index (χ0) is 21.3. The lowest BCUT2D eigenvalue weighted by Gasteiger charge is -2.43. The number of aryl methyl sites for hydroxylation is 1. The van der Waals surface area contributed by atoms with E-state index >= 15 is 0 Å². The number of methoxy groups -OCH3 is 1. The molecule has 1 aromatic heterocycles. The van der Waals surface area contributed by atoms with Crippen molar-refractivity contribution in [2.24, 2.45) is 5.92 Å². The smallest absolute Gasteiger partial charge is 0.308 e. The third kappa shape index (κ3) is 4.16. The minimum Gasteiger partial charge on any atom is -0.471 e. The number of aromatic nitrogens is 1. The van der Waals surface area contributed by atoms with Gasteiger partial charge >= 0.3 is 5.97 Å². The van der Waals surface area contributed by atoms with Crippen molar-refractivity contribution in [3.05, 3.63) is 57.5 Å². The summed E-state index contributed by atoms with van der Waals surface area (Å²) >= 11 is 6.30. The molecule has 1 aliphatic heterocycles. The van der Waals surface area contributed by atoms with Crippen molar-refractivity contribution < 1.29 is 18.7 Å². The summed E-state index contributed by atoms with van der Waals surface area (Å²) in [6.45, 7) is 3.72. The lowest BCUT2D eigenvalue weighted by molar-refractivity contribution is -0.151. The lowest BCUT2D eigenvalue weighted by Crippen LogP contribution is -2.49. The Labute approximate surface area is 181 Å². The van der Waals surface area contributed by atoms with E-state index in [9.17, 15) is 9.18 Å². The molecule has 2 aromatic rings. The van der Waals surface area contributed by atoms with Gasteiger partial charge in [0.15, 0.2) is 5.82 Å². The third-order valence-corrected chi connectivity index (χ3v) is 6.59. The van der Waals surface area contributed by atoms with Crippen LogP contribution in [-0.2, 0) is 35.5 Å². The fraction of sp³-hybridized carbons (Fsp3) is 0.478. The first-order valence-electron chi connectivity index (χ1n) is 10.4. The molecule has 5 nitrogen and oxygen atoms in total. The molecule has 1 aromatic carbocycles. The highest BCUT2D eigenvalue weighted by Crippen LogP contribution is 2.36. The second kappa shape index (κ2) is 8.90. The Kier molecular flexibility index (Phi) is 6.25. The second-order valence-corrected chi connectivity index (χ2v) is 8.37. The maximum absolute atomic E-state index is 14.7. The Bertz CT molecular complexity index is 946. The van der Waals surface area contributed by atoms with Gasteiger partial charge in [-0.3, -0.25) is 9.69 Å². The summed E-state index contributed by atoms with van der Waals surface area (Å²) in [4.78, 5) is 18.4. The van der Waals surface area contributed by atoms with Crippen LogP contribution in [0.5, 0.6) is 5.88 Å². The molecule has 0 N–H and O–H groups in total. The van der Waals surface area contributed by atoms with Crippen molar-refractivity contribution in [1.82, 2.24) is 9.88 Å². The molecule has 0 amide bonds. The van der Waals surface area contributed by atoms with Gasteiger partial charge in [0.2, 0.25) is 0 Å². The van der Waals surface area contributed by atoms with Crippen LogP contribution in [-0.4, -0.2) is 35.5 Å². The lowest BCUT2D eigenvalue weighted by atomic mass is 9.78. The zero-order valence-corrected chi connectivity index (χ0v) is 18.0. The minimum atomic E-state index is -0.457. The Morgan fingerprint density at radius 3 is 2.90 bits per heavy atom. The highest BCUT2D eigenvalue weighted by Gasteiger charge is 2.39. The number of hydrogen-bond donors (Lipinski definition) is 0. The van der Waals surface area contributed by atoms with Gasteiger partial charge in [-0.15, -0.1) is 0 Å². The molecule has 4 rings (SSSR count). The molecule has 1 saturated carbocycles. The number of esters is 1. The SMILES string of the molecule is CCc1cccc(Cl)c1COc1nc2c(cc1F)CN(C1CC(C(=O)OC)C1)CC2. The fourth-order valence-electron chi connectivity index (χ4n) is 4.34. The average molecular weight is 433 g/mol. The van der Waals surface area contributed by atoms with E-state index in [-0.39, 0.29) is 24.4 Å². The summed E-state index contributed by atoms with van der Waals surface area (Å²) in [5, 5.41) is 0.620. The summed E-state index contributed by atoms with van der Waals surface area (Å²) in [6.07, 6.45) is 3.16. The van der Waals surface area contributed by atoms with Crippen LogP contribution < -0.4 is 4.74 Å². The van der Waals surface area contributed by atoms with Gasteiger partial charge < -0.3 is 9.47 Å². The predicted octanol–water partition coefficient (Wildman–Crippen LogP) is 4.33. The third-order valence-electron chi connectivity index (χ3n) is 6.24. The molecule has 2 heterocycles. The van der Waals surface area contributed by atoms with E-state index in [1.165, 1.54) is 13.2 Å². The molecule has 0 atom stereocenters. The number of carbonyl (C=O) groups is 1. The maximum atomic E-state index is 14.7. The van der Waals surface area contributed by atoms with Gasteiger partial charge in [0, 0.05) is 36.1 Å². The van der Waals surface area contributed by atoms with Crippen LogP contribution in [0.3, 0.4) is 0 Å². The van der Waals surface area contributed by atoms with E-state index < -0.39 is 5.82 Å². The van der Waals surface area contributed by atoms with Crippen LogP contribution in [0.1, 0.15) is 42.1 Å². The number of carbonyl (C=O) groups excluding carboxylic acids is 1. The maximum Gasteiger partial charge on any atom is 0.308 e. The highest BCUT2D eigenvalue weighted by atomic mass is 35.5. The average Bonchev–Trinajstić information content (AvgIpc) is 2.71. The van der Waals surface area contributed by atoms with Gasteiger partial charge in [0.05, 0.1) is 18.7 Å². The monoisotopic (exact) mass is 432 g/mol. The normalized spacial score (nSPS) is 20.9. The summed E-state index contributed by atoms with van der Waals surface area (Å²) in [6, 6.07) is 7.60. The Hall–Kier alpha value is -2.18. The number of halogens is 2. The van der Waals surface area contributed by atoms with Crippen molar-refractivity contribution in [2.75, 3.05) is 13.7 Å². The first kappa shape index (κ1) is 21.1. The van der Waals surface area contributed by atoms with Crippen LogP contribution >= 0.6 is 11.6 Å². The van der Waals surface area contributed by atoms with Crippen LogP contribution in [0, 0.1) is 11.7 Å². The standard InChI is InChI=1S/C23H26ClFN2O3/c1-3-14-5-4-6-19(24)18(14)13-30-22-20(25)11-16-12-27(8-7-21(16)26-22)17-9-15(10-17)23(28)29-2/h4-6,11,15,17H,3,7-10,12-13H2,1-2H3. The van der Waals surface area contributed by atoms with Crippen molar-refractivity contribution >= 4 is 17.6 Å². The molecule has 0 unspecified atom stereocenters. The van der Waals surface area contributed by atoms with E-state index in [0.29, 0.717) is 17.6 Å². The number of nitrogens with zero attached hydrogens (tertiary/aromatic N) is 2. The molecule has 1 fully saturated rings. The number of hydrogen-bond acceptors (Lipinski definition) is 5. The Balaban J connectivity index is 1.42. The highest BCUT2D eigenvalue weighted by molar-refractivity contribution is 6.31. The van der Waals surface area contributed by atoms with E-state index in [2.05, 4.69) is 9.88 Å². The number of pyridine rings is 1. The van der Waals surface area contributed by atoms with Crippen LogP contribution in [0.4, 0.5) is 4.39 Å². The first-order valence-corrected chi connectivity index (χ1v) is 10.8. The van der Waals surface area contributed by atoms with E-state index in [0.717, 1.165) is 54.6 Å². The zero-order valence-electron chi connectivity index (χ0n) is 17.3. The molecule has 160 valence electrons. The van der Waals surface area contributed by atoms with E-state index in [1.807, 2.05) is 25.1 Å². The van der Waals surface area contributed by atoms with Crippen molar-refractivity contribution in [3.8, 4) is 5.88 Å². The Morgan fingerprint density at radius 1 is 1.37 bits per heavy atom. The number of rotatable bonds is 6. The molecular formula is C23H26ClFN2O3. The van der Waals surface area contributed by atoms with E-state index in [4.69, 9.17) is 21.1 Å². The summed E-state index contributed by atoms with van der Waals surface area (Å²) in [7, 11) is 1.43. The molecule has 1 aliphatic carbocycles. The molecule has 0 radical (unpaired) electrons. The fourth-order valence-corrected chi connectivity index (χ4v) is 4.59. The molecular weight excluding hydrogens is 407 g/mol. The van der Waals surface area contributed by atoms with Gasteiger partial charge in [0.1, 0.15) is 6.61 Å². The van der Waals surface area contributed by atoms with Crippen molar-refractivity contribution in [2.45, 2.75) is 51.8 Å². The van der Waals surface area contributed by atoms with Gasteiger partial charge in [-0.1, -0.05) is 30.7 Å². The predicted molar refractivity (Wildman–Crippen MR) is 112 cm³/mol. The van der Waals surface area contributed by atoms with Crippen LogP contribution in [0.15, 0.2) is 24.3 Å². The summed E-state index contributed by atoms with van der Waals surface area (Å²) < 4.78 is 25.2.